The van der Waals surface area contributed by atoms with Crippen molar-refractivity contribution in [2.45, 2.75) is 58.1 Å². The number of ether oxygens (including phenoxy) is 1. The summed E-state index contributed by atoms with van der Waals surface area (Å²) in [5.74, 6) is 0.544. The summed E-state index contributed by atoms with van der Waals surface area (Å²) in [5.41, 5.74) is 3.02. The van der Waals surface area contributed by atoms with Gasteiger partial charge in [0.2, 0.25) is 5.91 Å². The van der Waals surface area contributed by atoms with Crippen LogP contribution in [-0.2, 0) is 19.4 Å². The molecule has 156 valence electrons. The lowest BCUT2D eigenvalue weighted by atomic mass is 9.98. The normalized spacial score (nSPS) is 24.2. The first-order valence-electron chi connectivity index (χ1n) is 10.2. The van der Waals surface area contributed by atoms with Gasteiger partial charge in [0.05, 0.1) is 24.2 Å². The number of carbonyl (C=O) groups excluding carboxylic acids is 1. The molecule has 1 aromatic rings. The van der Waals surface area contributed by atoms with E-state index in [9.17, 15) is 13.2 Å². The molecule has 2 aliphatic heterocycles. The minimum atomic E-state index is -3.01. The second-order valence-corrected chi connectivity index (χ2v) is 10.6. The van der Waals surface area contributed by atoms with Crippen LogP contribution in [0, 0.1) is 6.92 Å². The number of nitrogens with one attached hydrogen (secondary N) is 1. The predicted octanol–water partition coefficient (Wildman–Crippen LogP) is 2.73. The molecule has 2 unspecified atom stereocenters. The van der Waals surface area contributed by atoms with Gasteiger partial charge in [-0.2, -0.15) is 0 Å². The van der Waals surface area contributed by atoms with Crippen molar-refractivity contribution in [2.75, 3.05) is 36.5 Å². The molecule has 2 saturated heterocycles. The molecule has 0 aliphatic carbocycles. The number of benzene rings is 1. The highest BCUT2D eigenvalue weighted by atomic mass is 32.2. The van der Waals surface area contributed by atoms with Gasteiger partial charge in [0.25, 0.3) is 0 Å². The van der Waals surface area contributed by atoms with Crippen LogP contribution in [0.1, 0.15) is 50.2 Å². The van der Waals surface area contributed by atoms with Crippen LogP contribution in [0.2, 0.25) is 0 Å². The number of nitrogens with zero attached hydrogens (tertiary/aromatic N) is 1. The maximum absolute atomic E-state index is 12.9. The van der Waals surface area contributed by atoms with E-state index >= 15 is 0 Å². The zero-order chi connectivity index (χ0) is 20.3. The Bertz CT molecular complexity index is 801. The third-order valence-corrected chi connectivity index (χ3v) is 7.48. The molecule has 2 heterocycles. The van der Waals surface area contributed by atoms with E-state index in [4.69, 9.17) is 4.74 Å². The van der Waals surface area contributed by atoms with Gasteiger partial charge in [0, 0.05) is 24.9 Å². The smallest absolute Gasteiger partial charge is 0.238 e. The third-order valence-electron chi connectivity index (χ3n) is 5.73. The fourth-order valence-corrected chi connectivity index (χ4v) is 5.92. The Morgan fingerprint density at radius 1 is 1.32 bits per heavy atom. The minimum Gasteiger partial charge on any atom is -0.377 e. The molecule has 2 aliphatic rings. The average Bonchev–Trinajstić information content (AvgIpc) is 3.25. The number of anilines is 1. The zero-order valence-electron chi connectivity index (χ0n) is 17.1. The van der Waals surface area contributed by atoms with Crippen molar-refractivity contribution in [3.63, 3.8) is 0 Å². The van der Waals surface area contributed by atoms with Crippen LogP contribution in [0.15, 0.2) is 18.2 Å². The molecule has 1 aromatic carbocycles. The standard InChI is InChI=1S/C21H32N2O4S/c1-15(2)19-8-4-6-16(3)21(19)22-20(24)13-23(12-18-7-5-10-27-18)17-9-11-28(25,26)14-17/h4,6,8,15,17-18H,5,7,9-14H2,1-3H3,(H,22,24). The monoisotopic (exact) mass is 408 g/mol. The number of para-hydroxylation sites is 1. The largest absolute Gasteiger partial charge is 0.377 e. The van der Waals surface area contributed by atoms with E-state index in [0.717, 1.165) is 36.3 Å². The van der Waals surface area contributed by atoms with Crippen LogP contribution in [0.3, 0.4) is 0 Å². The Hall–Kier alpha value is -1.44. The van der Waals surface area contributed by atoms with Crippen molar-refractivity contribution in [3.8, 4) is 0 Å². The quantitative estimate of drug-likeness (QED) is 0.751. The number of rotatable bonds is 7. The highest BCUT2D eigenvalue weighted by molar-refractivity contribution is 7.91. The molecular formula is C21H32N2O4S. The molecule has 0 saturated carbocycles. The third kappa shape index (κ3) is 5.33. The number of hydrogen-bond acceptors (Lipinski definition) is 5. The van der Waals surface area contributed by atoms with Gasteiger partial charge in [-0.25, -0.2) is 8.42 Å². The summed E-state index contributed by atoms with van der Waals surface area (Å²) < 4.78 is 29.7. The summed E-state index contributed by atoms with van der Waals surface area (Å²) >= 11 is 0. The van der Waals surface area contributed by atoms with Crippen molar-refractivity contribution in [1.82, 2.24) is 4.90 Å². The van der Waals surface area contributed by atoms with Crippen molar-refractivity contribution in [1.29, 1.82) is 0 Å². The van der Waals surface area contributed by atoms with E-state index in [1.807, 2.05) is 30.0 Å². The molecule has 2 atom stereocenters. The summed E-state index contributed by atoms with van der Waals surface area (Å²) in [6.45, 7) is 7.75. The molecule has 1 amide bonds. The summed E-state index contributed by atoms with van der Waals surface area (Å²) in [6.07, 6.45) is 2.66. The molecule has 0 spiro atoms. The Labute approximate surface area is 168 Å². The van der Waals surface area contributed by atoms with E-state index in [0.29, 0.717) is 18.9 Å². The molecule has 1 N–H and O–H groups in total. The topological polar surface area (TPSA) is 75.7 Å². The maximum atomic E-state index is 12.9. The first kappa shape index (κ1) is 21.3. The van der Waals surface area contributed by atoms with Crippen LogP contribution in [0.4, 0.5) is 5.69 Å². The summed E-state index contributed by atoms with van der Waals surface area (Å²) in [6, 6.07) is 5.94. The molecule has 7 heteroatoms. The highest BCUT2D eigenvalue weighted by Gasteiger charge is 2.35. The predicted molar refractivity (Wildman–Crippen MR) is 112 cm³/mol. The summed E-state index contributed by atoms with van der Waals surface area (Å²) in [5, 5.41) is 3.09. The van der Waals surface area contributed by atoms with Gasteiger partial charge >= 0.3 is 0 Å². The molecule has 6 nitrogen and oxygen atoms in total. The molecule has 2 fully saturated rings. The number of hydrogen-bond donors (Lipinski definition) is 1. The second kappa shape index (κ2) is 8.93. The molecule has 0 aromatic heterocycles. The molecule has 28 heavy (non-hydrogen) atoms. The van der Waals surface area contributed by atoms with Crippen molar-refractivity contribution in [2.24, 2.45) is 0 Å². The van der Waals surface area contributed by atoms with Crippen LogP contribution in [-0.4, -0.2) is 62.6 Å². The maximum Gasteiger partial charge on any atom is 0.238 e. The lowest BCUT2D eigenvalue weighted by Gasteiger charge is -2.30. The molecule has 0 bridgehead atoms. The van der Waals surface area contributed by atoms with Gasteiger partial charge in [-0.3, -0.25) is 9.69 Å². The molecular weight excluding hydrogens is 376 g/mol. The lowest BCUT2D eigenvalue weighted by molar-refractivity contribution is -0.118. The van der Waals surface area contributed by atoms with Crippen molar-refractivity contribution < 1.29 is 17.9 Å². The van der Waals surface area contributed by atoms with Gasteiger partial charge in [-0.15, -0.1) is 0 Å². The Morgan fingerprint density at radius 3 is 2.71 bits per heavy atom. The Balaban J connectivity index is 1.72. The first-order chi connectivity index (χ1) is 13.2. The van der Waals surface area contributed by atoms with E-state index in [1.165, 1.54) is 0 Å². The van der Waals surface area contributed by atoms with E-state index < -0.39 is 9.84 Å². The second-order valence-electron chi connectivity index (χ2n) is 8.36. The number of amides is 1. The van der Waals surface area contributed by atoms with Crippen LogP contribution in [0.25, 0.3) is 0 Å². The van der Waals surface area contributed by atoms with Gasteiger partial charge in [-0.1, -0.05) is 32.0 Å². The van der Waals surface area contributed by atoms with Crippen molar-refractivity contribution >= 4 is 21.4 Å². The molecule has 0 radical (unpaired) electrons. The van der Waals surface area contributed by atoms with Gasteiger partial charge in [-0.05, 0) is 43.2 Å². The zero-order valence-corrected chi connectivity index (χ0v) is 17.9. The van der Waals surface area contributed by atoms with E-state index in [-0.39, 0.29) is 36.1 Å². The fraction of sp³-hybridized carbons (Fsp3) is 0.667. The van der Waals surface area contributed by atoms with E-state index in [2.05, 4.69) is 19.2 Å². The van der Waals surface area contributed by atoms with Crippen molar-refractivity contribution in [3.05, 3.63) is 29.3 Å². The summed E-state index contributed by atoms with van der Waals surface area (Å²) in [4.78, 5) is 14.9. The van der Waals surface area contributed by atoms with Gasteiger partial charge in [0.1, 0.15) is 0 Å². The average molecular weight is 409 g/mol. The minimum absolute atomic E-state index is 0.0841. The van der Waals surface area contributed by atoms with Gasteiger partial charge < -0.3 is 10.1 Å². The lowest BCUT2D eigenvalue weighted by Crippen LogP contribution is -2.45. The number of aryl methyl sites for hydroxylation is 1. The Morgan fingerprint density at radius 2 is 2.11 bits per heavy atom. The summed E-state index contributed by atoms with van der Waals surface area (Å²) in [7, 11) is -3.01. The number of sulfone groups is 1. The Kier molecular flexibility index (Phi) is 6.78. The molecule has 3 rings (SSSR count). The SMILES string of the molecule is Cc1cccc(C(C)C)c1NC(=O)CN(CC1CCCO1)C1CCS(=O)(=O)C1. The van der Waals surface area contributed by atoms with Crippen LogP contribution >= 0.6 is 0 Å². The number of carbonyl (C=O) groups is 1. The van der Waals surface area contributed by atoms with Crippen LogP contribution < -0.4 is 5.32 Å². The van der Waals surface area contributed by atoms with Crippen LogP contribution in [0.5, 0.6) is 0 Å². The van der Waals surface area contributed by atoms with E-state index in [1.54, 1.807) is 0 Å². The first-order valence-corrected chi connectivity index (χ1v) is 12.0. The highest BCUT2D eigenvalue weighted by Crippen LogP contribution is 2.28. The van der Waals surface area contributed by atoms with Gasteiger partial charge in [0.15, 0.2) is 9.84 Å². The fourth-order valence-electron chi connectivity index (χ4n) is 4.16.